The van der Waals surface area contributed by atoms with Crippen molar-refractivity contribution in [3.05, 3.63) is 18.2 Å². The van der Waals surface area contributed by atoms with Gasteiger partial charge in [0.15, 0.2) is 5.96 Å². The number of aliphatic imine (C=N–C) groups is 2. The summed E-state index contributed by atoms with van der Waals surface area (Å²) in [5.74, 6) is 0.961. The van der Waals surface area contributed by atoms with E-state index in [4.69, 9.17) is 17.2 Å². The zero-order valence-corrected chi connectivity index (χ0v) is 8.35. The molecule has 7 heteroatoms. The average molecular weight is 209 g/mol. The first-order chi connectivity index (χ1) is 7.18. The van der Waals surface area contributed by atoms with Crippen molar-refractivity contribution in [1.82, 2.24) is 9.97 Å². The predicted octanol–water partition coefficient (Wildman–Crippen LogP) is -1.07. The highest BCUT2D eigenvalue weighted by Crippen LogP contribution is 1.94. The Morgan fingerprint density at radius 1 is 1.40 bits per heavy atom. The monoisotopic (exact) mass is 209 g/mol. The van der Waals surface area contributed by atoms with Gasteiger partial charge in [0.1, 0.15) is 5.82 Å². The number of guanidine groups is 2. The van der Waals surface area contributed by atoms with Crippen LogP contribution in [0.15, 0.2) is 22.4 Å². The van der Waals surface area contributed by atoms with Gasteiger partial charge in [-0.05, 0) is 6.42 Å². The van der Waals surface area contributed by atoms with E-state index in [2.05, 4.69) is 20.0 Å². The van der Waals surface area contributed by atoms with Crippen LogP contribution in [0.25, 0.3) is 0 Å². The Hall–Kier alpha value is -2.05. The number of nitrogens with one attached hydrogen (secondary N) is 1. The molecule has 0 atom stereocenters. The van der Waals surface area contributed by atoms with Gasteiger partial charge < -0.3 is 22.2 Å². The smallest absolute Gasteiger partial charge is 0.218 e. The Kier molecular flexibility index (Phi) is 4.14. The zero-order valence-electron chi connectivity index (χ0n) is 8.35. The minimum Gasteiger partial charge on any atom is -0.370 e. The van der Waals surface area contributed by atoms with E-state index in [0.717, 1.165) is 18.7 Å². The lowest BCUT2D eigenvalue weighted by Crippen LogP contribution is -2.26. The van der Waals surface area contributed by atoms with Crippen LogP contribution in [0.1, 0.15) is 12.2 Å². The number of nitrogens with two attached hydrogens (primary N) is 3. The highest BCUT2D eigenvalue weighted by atomic mass is 15.1. The van der Waals surface area contributed by atoms with Gasteiger partial charge in [0.25, 0.3) is 0 Å². The standard InChI is InChI=1S/C8H15N7/c9-7(10)15-8(11)14-3-1-2-6-12-4-5-13-6/h4-5H,1-3H2,(H,12,13)(H6,9,10,11,14,15). The lowest BCUT2D eigenvalue weighted by Gasteiger charge is -1.95. The molecule has 0 saturated carbocycles. The minimum absolute atomic E-state index is 0.0812. The summed E-state index contributed by atoms with van der Waals surface area (Å²) in [5.41, 5.74) is 15.7. The molecule has 1 aromatic heterocycles. The van der Waals surface area contributed by atoms with E-state index in [9.17, 15) is 0 Å². The summed E-state index contributed by atoms with van der Waals surface area (Å²) in [6.07, 6.45) is 5.17. The molecule has 0 aliphatic rings. The minimum atomic E-state index is -0.0812. The second-order valence-electron chi connectivity index (χ2n) is 2.92. The van der Waals surface area contributed by atoms with E-state index in [1.54, 1.807) is 12.4 Å². The number of aromatic nitrogens is 2. The maximum Gasteiger partial charge on any atom is 0.218 e. The molecule has 0 aliphatic heterocycles. The molecule has 7 nitrogen and oxygen atoms in total. The van der Waals surface area contributed by atoms with Crippen molar-refractivity contribution in [2.75, 3.05) is 6.54 Å². The van der Waals surface area contributed by atoms with Crippen LogP contribution in [0, 0.1) is 0 Å². The molecule has 0 unspecified atom stereocenters. The van der Waals surface area contributed by atoms with Crippen molar-refractivity contribution in [3.63, 3.8) is 0 Å². The number of aromatic amines is 1. The summed E-state index contributed by atoms with van der Waals surface area (Å²) in [4.78, 5) is 14.6. The number of nitrogens with zero attached hydrogens (tertiary/aromatic N) is 3. The van der Waals surface area contributed by atoms with Crippen LogP contribution in [0.5, 0.6) is 0 Å². The van der Waals surface area contributed by atoms with E-state index >= 15 is 0 Å². The van der Waals surface area contributed by atoms with Crippen LogP contribution >= 0.6 is 0 Å². The predicted molar refractivity (Wildman–Crippen MR) is 59.2 cm³/mol. The number of aryl methyl sites for hydroxylation is 1. The summed E-state index contributed by atoms with van der Waals surface area (Å²) < 4.78 is 0. The molecule has 0 radical (unpaired) electrons. The molecule has 15 heavy (non-hydrogen) atoms. The molecule has 0 saturated heterocycles. The third-order valence-corrected chi connectivity index (χ3v) is 1.64. The van der Waals surface area contributed by atoms with E-state index in [1.807, 2.05) is 0 Å². The van der Waals surface area contributed by atoms with Crippen LogP contribution in [0.3, 0.4) is 0 Å². The van der Waals surface area contributed by atoms with Crippen molar-refractivity contribution in [3.8, 4) is 0 Å². The molecule has 7 N–H and O–H groups in total. The van der Waals surface area contributed by atoms with Crippen LogP contribution in [0.4, 0.5) is 0 Å². The number of hydrogen-bond acceptors (Lipinski definition) is 2. The molecular weight excluding hydrogens is 194 g/mol. The van der Waals surface area contributed by atoms with Crippen molar-refractivity contribution < 1.29 is 0 Å². The summed E-state index contributed by atoms with van der Waals surface area (Å²) >= 11 is 0. The van der Waals surface area contributed by atoms with Crippen LogP contribution in [-0.2, 0) is 6.42 Å². The average Bonchev–Trinajstić information content (AvgIpc) is 2.63. The van der Waals surface area contributed by atoms with Crippen LogP contribution in [0.2, 0.25) is 0 Å². The second kappa shape index (κ2) is 5.63. The van der Waals surface area contributed by atoms with E-state index in [-0.39, 0.29) is 11.9 Å². The number of H-pyrrole nitrogens is 1. The number of hydrogen-bond donors (Lipinski definition) is 4. The van der Waals surface area contributed by atoms with E-state index in [1.165, 1.54) is 0 Å². The van der Waals surface area contributed by atoms with E-state index in [0.29, 0.717) is 6.54 Å². The Bertz CT molecular complexity index is 334. The molecule has 1 heterocycles. The number of rotatable bonds is 4. The van der Waals surface area contributed by atoms with Gasteiger partial charge in [0.05, 0.1) is 0 Å². The largest absolute Gasteiger partial charge is 0.370 e. The Morgan fingerprint density at radius 3 is 2.80 bits per heavy atom. The fourth-order valence-electron chi connectivity index (χ4n) is 1.04. The van der Waals surface area contributed by atoms with E-state index < -0.39 is 0 Å². The van der Waals surface area contributed by atoms with Crippen LogP contribution < -0.4 is 17.2 Å². The molecule has 0 amide bonds. The first-order valence-corrected chi connectivity index (χ1v) is 4.56. The summed E-state index contributed by atoms with van der Waals surface area (Å²) in [7, 11) is 0. The number of imidazole rings is 1. The molecule has 0 aliphatic carbocycles. The Labute approximate surface area is 87.5 Å². The highest BCUT2D eigenvalue weighted by molar-refractivity contribution is 5.92. The summed E-state index contributed by atoms with van der Waals surface area (Å²) in [5, 5.41) is 0. The third kappa shape index (κ3) is 4.65. The van der Waals surface area contributed by atoms with Gasteiger partial charge in [-0.25, -0.2) is 4.98 Å². The van der Waals surface area contributed by atoms with Crippen molar-refractivity contribution in [1.29, 1.82) is 0 Å². The van der Waals surface area contributed by atoms with Gasteiger partial charge >= 0.3 is 0 Å². The van der Waals surface area contributed by atoms with Gasteiger partial charge in [-0.2, -0.15) is 4.99 Å². The normalized spacial score (nSPS) is 11.3. The third-order valence-electron chi connectivity index (χ3n) is 1.64. The molecule has 0 fully saturated rings. The molecule has 0 bridgehead atoms. The lowest BCUT2D eigenvalue weighted by molar-refractivity contribution is 0.793. The van der Waals surface area contributed by atoms with Crippen molar-refractivity contribution >= 4 is 11.9 Å². The van der Waals surface area contributed by atoms with Gasteiger partial charge in [0, 0.05) is 25.4 Å². The zero-order chi connectivity index (χ0) is 11.1. The first kappa shape index (κ1) is 11.0. The molecule has 82 valence electrons. The maximum absolute atomic E-state index is 5.41. The maximum atomic E-state index is 5.41. The van der Waals surface area contributed by atoms with Crippen molar-refractivity contribution in [2.45, 2.75) is 12.8 Å². The molecule has 1 rings (SSSR count). The van der Waals surface area contributed by atoms with Gasteiger partial charge in [0.2, 0.25) is 5.96 Å². The quantitative estimate of drug-likeness (QED) is 0.285. The van der Waals surface area contributed by atoms with Crippen LogP contribution in [-0.4, -0.2) is 28.4 Å². The lowest BCUT2D eigenvalue weighted by atomic mass is 10.3. The SMILES string of the molecule is NC(N)=NC(N)=NCCCc1ncc[nH]1. The first-order valence-electron chi connectivity index (χ1n) is 4.56. The molecular formula is C8H15N7. The fourth-order valence-corrected chi connectivity index (χ4v) is 1.04. The molecule has 0 aromatic carbocycles. The highest BCUT2D eigenvalue weighted by Gasteiger charge is 1.94. The second-order valence-corrected chi connectivity index (χ2v) is 2.92. The summed E-state index contributed by atoms with van der Waals surface area (Å²) in [6, 6.07) is 0. The topological polar surface area (TPSA) is 131 Å². The van der Waals surface area contributed by atoms with Crippen molar-refractivity contribution in [2.24, 2.45) is 27.2 Å². The van der Waals surface area contributed by atoms with Gasteiger partial charge in [-0.1, -0.05) is 0 Å². The Balaban J connectivity index is 2.24. The fraction of sp³-hybridized carbons (Fsp3) is 0.375. The summed E-state index contributed by atoms with van der Waals surface area (Å²) in [6.45, 7) is 0.573. The molecule has 1 aromatic rings. The Morgan fingerprint density at radius 2 is 2.20 bits per heavy atom. The van der Waals surface area contributed by atoms with Gasteiger partial charge in [-0.3, -0.25) is 4.99 Å². The van der Waals surface area contributed by atoms with Gasteiger partial charge in [-0.15, -0.1) is 0 Å². The molecule has 0 spiro atoms.